The topological polar surface area (TPSA) is 37.8 Å². The van der Waals surface area contributed by atoms with Crippen molar-refractivity contribution in [2.24, 2.45) is 5.92 Å². The lowest BCUT2D eigenvalue weighted by atomic mass is 9.82. The summed E-state index contributed by atoms with van der Waals surface area (Å²) in [6, 6.07) is 0. The van der Waals surface area contributed by atoms with Crippen molar-refractivity contribution < 1.29 is 0 Å². The average molecular weight is 340 g/mol. The molecule has 1 aromatic heterocycles. The van der Waals surface area contributed by atoms with Crippen molar-refractivity contribution in [1.29, 1.82) is 0 Å². The number of hydrogen-bond acceptors (Lipinski definition) is 3. The SMILES string of the molecule is CCCc1nc(C2CCC(C)CC2)nc(NCC)c1Br. The molecule has 1 N–H and O–H groups in total. The minimum atomic E-state index is 0.548. The second kappa shape index (κ2) is 7.39. The number of nitrogens with zero attached hydrogens (tertiary/aromatic N) is 2. The van der Waals surface area contributed by atoms with E-state index in [0.29, 0.717) is 5.92 Å². The molecule has 0 aliphatic heterocycles. The van der Waals surface area contributed by atoms with Crippen molar-refractivity contribution in [3.63, 3.8) is 0 Å². The maximum absolute atomic E-state index is 4.86. The molecule has 0 bridgehead atoms. The van der Waals surface area contributed by atoms with Crippen LogP contribution in [0.5, 0.6) is 0 Å². The summed E-state index contributed by atoms with van der Waals surface area (Å²) in [6.45, 7) is 7.55. The van der Waals surface area contributed by atoms with Crippen LogP contribution in [0.2, 0.25) is 0 Å². The van der Waals surface area contributed by atoms with Gasteiger partial charge in [0.15, 0.2) is 0 Å². The Morgan fingerprint density at radius 1 is 1.15 bits per heavy atom. The van der Waals surface area contributed by atoms with E-state index >= 15 is 0 Å². The molecule has 1 heterocycles. The molecule has 0 atom stereocenters. The lowest BCUT2D eigenvalue weighted by Gasteiger charge is -2.26. The van der Waals surface area contributed by atoms with Gasteiger partial charge in [0.2, 0.25) is 0 Å². The summed E-state index contributed by atoms with van der Waals surface area (Å²) in [5, 5.41) is 3.36. The highest BCUT2D eigenvalue weighted by atomic mass is 79.9. The van der Waals surface area contributed by atoms with Crippen molar-refractivity contribution in [1.82, 2.24) is 9.97 Å². The van der Waals surface area contributed by atoms with E-state index < -0.39 is 0 Å². The summed E-state index contributed by atoms with van der Waals surface area (Å²) in [5.41, 5.74) is 1.16. The van der Waals surface area contributed by atoms with Crippen LogP contribution in [0.15, 0.2) is 4.47 Å². The van der Waals surface area contributed by atoms with Crippen LogP contribution in [-0.2, 0) is 6.42 Å². The molecule has 2 rings (SSSR count). The van der Waals surface area contributed by atoms with Gasteiger partial charge in [0, 0.05) is 12.5 Å². The summed E-state index contributed by atoms with van der Waals surface area (Å²) >= 11 is 3.66. The maximum atomic E-state index is 4.86. The van der Waals surface area contributed by atoms with E-state index in [-0.39, 0.29) is 0 Å². The standard InChI is InChI=1S/C16H26BrN3/c1-4-6-13-14(17)16(18-5-2)20-15(19-13)12-9-7-11(3)8-10-12/h11-12H,4-10H2,1-3H3,(H,18,19,20). The predicted molar refractivity (Wildman–Crippen MR) is 88.3 cm³/mol. The van der Waals surface area contributed by atoms with Crippen molar-refractivity contribution in [3.05, 3.63) is 16.0 Å². The number of aryl methyl sites for hydroxylation is 1. The van der Waals surface area contributed by atoms with E-state index in [0.717, 1.165) is 47.1 Å². The van der Waals surface area contributed by atoms with Gasteiger partial charge in [-0.2, -0.15) is 0 Å². The van der Waals surface area contributed by atoms with Gasteiger partial charge in [0.05, 0.1) is 10.2 Å². The third-order valence-corrected chi connectivity index (χ3v) is 4.98. The maximum Gasteiger partial charge on any atom is 0.144 e. The van der Waals surface area contributed by atoms with Crippen molar-refractivity contribution in [3.8, 4) is 0 Å². The van der Waals surface area contributed by atoms with Gasteiger partial charge in [-0.15, -0.1) is 0 Å². The monoisotopic (exact) mass is 339 g/mol. The van der Waals surface area contributed by atoms with Gasteiger partial charge < -0.3 is 5.32 Å². The predicted octanol–water partition coefficient (Wildman–Crippen LogP) is 4.92. The molecule has 20 heavy (non-hydrogen) atoms. The van der Waals surface area contributed by atoms with Crippen molar-refractivity contribution in [2.45, 2.75) is 65.2 Å². The summed E-state index contributed by atoms with van der Waals surface area (Å²) < 4.78 is 1.05. The summed E-state index contributed by atoms with van der Waals surface area (Å²) in [4.78, 5) is 9.64. The van der Waals surface area contributed by atoms with Gasteiger partial charge in [-0.1, -0.05) is 33.1 Å². The highest BCUT2D eigenvalue weighted by molar-refractivity contribution is 9.10. The zero-order chi connectivity index (χ0) is 14.5. The first kappa shape index (κ1) is 15.7. The number of nitrogens with one attached hydrogen (secondary N) is 1. The van der Waals surface area contributed by atoms with Crippen LogP contribution in [-0.4, -0.2) is 16.5 Å². The fourth-order valence-corrected chi connectivity index (χ4v) is 3.42. The molecule has 1 aliphatic carbocycles. The Labute approximate surface area is 131 Å². The molecule has 1 aromatic rings. The lowest BCUT2D eigenvalue weighted by molar-refractivity contribution is 0.339. The highest BCUT2D eigenvalue weighted by Crippen LogP contribution is 2.36. The first-order valence-corrected chi connectivity index (χ1v) is 8.75. The Bertz CT molecular complexity index is 412. The minimum absolute atomic E-state index is 0.548. The summed E-state index contributed by atoms with van der Waals surface area (Å²) in [7, 11) is 0. The molecule has 1 aliphatic rings. The van der Waals surface area contributed by atoms with Crippen LogP contribution in [0, 0.1) is 5.92 Å². The zero-order valence-corrected chi connectivity index (χ0v) is 14.5. The van der Waals surface area contributed by atoms with Crippen LogP contribution in [0.3, 0.4) is 0 Å². The second-order valence-electron chi connectivity index (χ2n) is 5.93. The fourth-order valence-electron chi connectivity index (χ4n) is 2.90. The summed E-state index contributed by atoms with van der Waals surface area (Å²) in [5.74, 6) is 3.44. The minimum Gasteiger partial charge on any atom is -0.369 e. The highest BCUT2D eigenvalue weighted by Gasteiger charge is 2.23. The number of anilines is 1. The van der Waals surface area contributed by atoms with E-state index in [2.05, 4.69) is 42.0 Å². The fraction of sp³-hybridized carbons (Fsp3) is 0.750. The first-order chi connectivity index (χ1) is 9.65. The summed E-state index contributed by atoms with van der Waals surface area (Å²) in [6.07, 6.45) is 7.22. The van der Waals surface area contributed by atoms with Gasteiger partial charge in [-0.25, -0.2) is 9.97 Å². The van der Waals surface area contributed by atoms with E-state index in [1.54, 1.807) is 0 Å². The third kappa shape index (κ3) is 3.72. The molecule has 0 unspecified atom stereocenters. The molecule has 112 valence electrons. The van der Waals surface area contributed by atoms with E-state index in [4.69, 9.17) is 9.97 Å². The Balaban J connectivity index is 2.27. The Kier molecular flexibility index (Phi) is 5.82. The average Bonchev–Trinajstić information content (AvgIpc) is 2.44. The molecule has 1 saturated carbocycles. The van der Waals surface area contributed by atoms with Gasteiger partial charge in [0.25, 0.3) is 0 Å². The van der Waals surface area contributed by atoms with E-state index in [1.807, 2.05) is 0 Å². The van der Waals surface area contributed by atoms with Gasteiger partial charge in [-0.3, -0.25) is 0 Å². The Morgan fingerprint density at radius 2 is 1.85 bits per heavy atom. The van der Waals surface area contributed by atoms with Gasteiger partial charge in [-0.05, 0) is 48.0 Å². The lowest BCUT2D eigenvalue weighted by Crippen LogP contribution is -2.16. The largest absolute Gasteiger partial charge is 0.369 e. The number of aromatic nitrogens is 2. The van der Waals surface area contributed by atoms with Crippen LogP contribution in [0.25, 0.3) is 0 Å². The molecule has 4 heteroatoms. The number of hydrogen-bond donors (Lipinski definition) is 1. The first-order valence-electron chi connectivity index (χ1n) is 7.95. The Morgan fingerprint density at radius 3 is 2.45 bits per heavy atom. The van der Waals surface area contributed by atoms with Crippen LogP contribution in [0.4, 0.5) is 5.82 Å². The Hall–Kier alpha value is -0.640. The second-order valence-corrected chi connectivity index (χ2v) is 6.72. The van der Waals surface area contributed by atoms with Gasteiger partial charge in [0.1, 0.15) is 11.6 Å². The number of rotatable bonds is 5. The van der Waals surface area contributed by atoms with Crippen LogP contribution < -0.4 is 5.32 Å². The van der Waals surface area contributed by atoms with Gasteiger partial charge >= 0.3 is 0 Å². The molecule has 3 nitrogen and oxygen atoms in total. The van der Waals surface area contributed by atoms with E-state index in [9.17, 15) is 0 Å². The molecule has 0 amide bonds. The quantitative estimate of drug-likeness (QED) is 0.827. The normalized spacial score (nSPS) is 22.8. The van der Waals surface area contributed by atoms with Crippen LogP contribution >= 0.6 is 15.9 Å². The molecule has 1 fully saturated rings. The van der Waals surface area contributed by atoms with Crippen LogP contribution in [0.1, 0.15) is 70.3 Å². The smallest absolute Gasteiger partial charge is 0.144 e. The molecule has 0 aromatic carbocycles. The molecular weight excluding hydrogens is 314 g/mol. The molecular formula is C16H26BrN3. The number of halogens is 1. The van der Waals surface area contributed by atoms with Crippen molar-refractivity contribution >= 4 is 21.7 Å². The third-order valence-electron chi connectivity index (χ3n) is 4.15. The molecule has 0 saturated heterocycles. The van der Waals surface area contributed by atoms with E-state index in [1.165, 1.54) is 25.7 Å². The van der Waals surface area contributed by atoms with Crippen molar-refractivity contribution in [2.75, 3.05) is 11.9 Å². The molecule has 0 radical (unpaired) electrons. The zero-order valence-electron chi connectivity index (χ0n) is 12.9. The molecule has 0 spiro atoms.